The van der Waals surface area contributed by atoms with E-state index in [2.05, 4.69) is 4.98 Å². The van der Waals surface area contributed by atoms with Crippen LogP contribution >= 0.6 is 0 Å². The molecule has 0 aromatic carbocycles. The van der Waals surface area contributed by atoms with Crippen molar-refractivity contribution in [1.82, 2.24) is 4.98 Å². The molecule has 14 heavy (non-hydrogen) atoms. The Kier molecular flexibility index (Phi) is 2.82. The first-order valence-corrected chi connectivity index (χ1v) is 3.69. The third kappa shape index (κ3) is 1.88. The van der Waals surface area contributed by atoms with Gasteiger partial charge in [-0.2, -0.15) is 5.26 Å². The van der Waals surface area contributed by atoms with E-state index in [4.69, 9.17) is 11.0 Å². The fraction of sp³-hybridized carbons (Fsp3) is 0.250. The number of aromatic hydroxyl groups is 1. The number of nitrogens with two attached hydrogens (primary N) is 1. The molecule has 0 atom stereocenters. The minimum Gasteiger partial charge on any atom is -0.506 e. The molecule has 0 radical (unpaired) electrons. The highest BCUT2D eigenvalue weighted by Gasteiger charge is 2.16. The van der Waals surface area contributed by atoms with E-state index in [-0.39, 0.29) is 23.6 Å². The van der Waals surface area contributed by atoms with Crippen molar-refractivity contribution in [3.8, 4) is 11.8 Å². The first-order valence-electron chi connectivity index (χ1n) is 3.69. The standard InChI is InChI=1S/C8H7F2N3O/c9-8(10)7-4(12)3-6(14)5(13-7)1-2-11/h3,8,14H,1,12H2. The molecule has 1 rings (SSSR count). The summed E-state index contributed by atoms with van der Waals surface area (Å²) in [6, 6.07) is 2.68. The van der Waals surface area contributed by atoms with Gasteiger partial charge in [0.25, 0.3) is 6.43 Å². The normalized spacial score (nSPS) is 10.1. The zero-order valence-corrected chi connectivity index (χ0v) is 7.04. The lowest BCUT2D eigenvalue weighted by Crippen LogP contribution is -2.02. The lowest BCUT2D eigenvalue weighted by atomic mass is 10.2. The molecule has 4 nitrogen and oxygen atoms in total. The molecule has 1 aromatic heterocycles. The average Bonchev–Trinajstić information content (AvgIpc) is 2.09. The maximum Gasteiger partial charge on any atom is 0.282 e. The van der Waals surface area contributed by atoms with Crippen molar-refractivity contribution >= 4 is 5.69 Å². The Morgan fingerprint density at radius 2 is 2.29 bits per heavy atom. The summed E-state index contributed by atoms with van der Waals surface area (Å²) in [5.74, 6) is -0.339. The molecule has 0 saturated heterocycles. The van der Waals surface area contributed by atoms with Crippen LogP contribution in [0.25, 0.3) is 0 Å². The predicted molar refractivity (Wildman–Crippen MR) is 44.6 cm³/mol. The van der Waals surface area contributed by atoms with E-state index in [0.717, 1.165) is 6.07 Å². The van der Waals surface area contributed by atoms with Crippen LogP contribution < -0.4 is 5.73 Å². The van der Waals surface area contributed by atoms with Crippen molar-refractivity contribution in [1.29, 1.82) is 5.26 Å². The van der Waals surface area contributed by atoms with Gasteiger partial charge < -0.3 is 10.8 Å². The zero-order chi connectivity index (χ0) is 10.7. The number of nitriles is 1. The van der Waals surface area contributed by atoms with Crippen LogP contribution in [-0.4, -0.2) is 10.1 Å². The molecule has 1 heterocycles. The smallest absolute Gasteiger partial charge is 0.282 e. The molecule has 0 bridgehead atoms. The molecule has 0 spiro atoms. The Morgan fingerprint density at radius 3 is 2.79 bits per heavy atom. The number of halogens is 2. The number of alkyl halides is 2. The molecule has 0 amide bonds. The number of nitrogens with zero attached hydrogens (tertiary/aromatic N) is 2. The monoisotopic (exact) mass is 199 g/mol. The molecule has 0 fully saturated rings. The van der Waals surface area contributed by atoms with Crippen molar-refractivity contribution in [3.63, 3.8) is 0 Å². The van der Waals surface area contributed by atoms with Crippen LogP contribution in [0.4, 0.5) is 14.5 Å². The van der Waals surface area contributed by atoms with Crippen LogP contribution in [0.5, 0.6) is 5.75 Å². The Labute approximate surface area is 78.6 Å². The molecule has 0 saturated carbocycles. The quantitative estimate of drug-likeness (QED) is 0.753. The second-order valence-corrected chi connectivity index (χ2v) is 2.56. The van der Waals surface area contributed by atoms with E-state index >= 15 is 0 Å². The SMILES string of the molecule is N#CCc1nc(C(F)F)c(N)cc1O. The van der Waals surface area contributed by atoms with Crippen molar-refractivity contribution in [2.75, 3.05) is 5.73 Å². The summed E-state index contributed by atoms with van der Waals surface area (Å²) < 4.78 is 24.5. The van der Waals surface area contributed by atoms with Crippen molar-refractivity contribution < 1.29 is 13.9 Å². The fourth-order valence-corrected chi connectivity index (χ4v) is 0.952. The van der Waals surface area contributed by atoms with E-state index in [1.54, 1.807) is 6.07 Å². The number of anilines is 1. The third-order valence-corrected chi connectivity index (χ3v) is 1.59. The van der Waals surface area contributed by atoms with Gasteiger partial charge in [0, 0.05) is 6.07 Å². The van der Waals surface area contributed by atoms with Gasteiger partial charge >= 0.3 is 0 Å². The van der Waals surface area contributed by atoms with E-state index in [1.165, 1.54) is 0 Å². The van der Waals surface area contributed by atoms with Gasteiger partial charge in [-0.05, 0) is 0 Å². The van der Waals surface area contributed by atoms with Gasteiger partial charge in [-0.15, -0.1) is 0 Å². The topological polar surface area (TPSA) is 82.9 Å². The van der Waals surface area contributed by atoms with Gasteiger partial charge in [0.15, 0.2) is 0 Å². The molecular weight excluding hydrogens is 192 g/mol. The minimum atomic E-state index is -2.81. The van der Waals surface area contributed by atoms with Gasteiger partial charge in [0.1, 0.15) is 11.4 Å². The maximum absolute atomic E-state index is 12.3. The Hall–Kier alpha value is -1.90. The molecule has 3 N–H and O–H groups in total. The lowest BCUT2D eigenvalue weighted by Gasteiger charge is -2.06. The molecule has 0 aliphatic carbocycles. The Balaban J connectivity index is 3.21. The first kappa shape index (κ1) is 10.2. The number of nitrogen functional groups attached to an aromatic ring is 1. The molecule has 1 aromatic rings. The molecule has 6 heteroatoms. The molecule has 74 valence electrons. The van der Waals surface area contributed by atoms with Crippen molar-refractivity contribution in [3.05, 3.63) is 17.5 Å². The van der Waals surface area contributed by atoms with Gasteiger partial charge in [0.05, 0.1) is 23.9 Å². The Morgan fingerprint density at radius 1 is 1.64 bits per heavy atom. The molecule has 0 aliphatic rings. The minimum absolute atomic E-state index is 0.0861. The summed E-state index contributed by atoms with van der Waals surface area (Å²) in [6.45, 7) is 0. The number of hydrogen-bond donors (Lipinski definition) is 2. The third-order valence-electron chi connectivity index (χ3n) is 1.59. The van der Waals surface area contributed by atoms with Crippen molar-refractivity contribution in [2.24, 2.45) is 0 Å². The predicted octanol–water partition coefficient (Wildman–Crippen LogP) is 1.37. The van der Waals surface area contributed by atoms with E-state index < -0.39 is 12.1 Å². The highest BCUT2D eigenvalue weighted by molar-refractivity contribution is 5.50. The summed E-state index contributed by atoms with van der Waals surface area (Å²) in [5, 5.41) is 17.5. The number of rotatable bonds is 2. The van der Waals surface area contributed by atoms with Gasteiger partial charge in [-0.1, -0.05) is 0 Å². The highest BCUT2D eigenvalue weighted by atomic mass is 19.3. The summed E-state index contributed by atoms with van der Waals surface area (Å²) in [7, 11) is 0. The van der Waals surface area contributed by atoms with E-state index in [1.807, 2.05) is 0 Å². The van der Waals surface area contributed by atoms with Crippen LogP contribution in [0.15, 0.2) is 6.07 Å². The van der Waals surface area contributed by atoms with Crippen LogP contribution in [0, 0.1) is 11.3 Å². The molecule has 0 unspecified atom stereocenters. The average molecular weight is 199 g/mol. The summed E-state index contributed by atoms with van der Waals surface area (Å²) in [4.78, 5) is 3.41. The van der Waals surface area contributed by atoms with Crippen LogP contribution in [0.2, 0.25) is 0 Å². The van der Waals surface area contributed by atoms with Gasteiger partial charge in [-0.3, -0.25) is 0 Å². The maximum atomic E-state index is 12.3. The second-order valence-electron chi connectivity index (χ2n) is 2.56. The second kappa shape index (κ2) is 3.87. The van der Waals surface area contributed by atoms with Crippen molar-refractivity contribution in [2.45, 2.75) is 12.8 Å². The largest absolute Gasteiger partial charge is 0.506 e. The van der Waals surface area contributed by atoms with Crippen LogP contribution in [-0.2, 0) is 6.42 Å². The summed E-state index contributed by atoms with van der Waals surface area (Å²) >= 11 is 0. The number of pyridine rings is 1. The number of hydrogen-bond acceptors (Lipinski definition) is 4. The van der Waals surface area contributed by atoms with Crippen LogP contribution in [0.1, 0.15) is 17.8 Å². The Bertz CT molecular complexity index is 387. The van der Waals surface area contributed by atoms with E-state index in [9.17, 15) is 13.9 Å². The zero-order valence-electron chi connectivity index (χ0n) is 7.04. The summed E-state index contributed by atoms with van der Waals surface area (Å²) in [5.41, 5.74) is 4.23. The van der Waals surface area contributed by atoms with Gasteiger partial charge in [0.2, 0.25) is 0 Å². The van der Waals surface area contributed by atoms with Crippen LogP contribution in [0.3, 0.4) is 0 Å². The fourth-order valence-electron chi connectivity index (χ4n) is 0.952. The van der Waals surface area contributed by atoms with Gasteiger partial charge in [-0.25, -0.2) is 13.8 Å². The molecular formula is C8H7F2N3O. The summed E-state index contributed by atoms with van der Waals surface area (Å²) in [6.07, 6.45) is -3.04. The van der Waals surface area contributed by atoms with E-state index in [0.29, 0.717) is 0 Å². The molecule has 0 aliphatic heterocycles. The lowest BCUT2D eigenvalue weighted by molar-refractivity contribution is 0.146. The first-order chi connectivity index (χ1) is 6.56. The number of aromatic nitrogens is 1. The highest BCUT2D eigenvalue weighted by Crippen LogP contribution is 2.28.